The van der Waals surface area contributed by atoms with E-state index in [4.69, 9.17) is 18.9 Å². The molecule has 204 valence electrons. The second kappa shape index (κ2) is 11.4. The monoisotopic (exact) mass is 532 g/mol. The minimum absolute atomic E-state index is 0.105. The van der Waals surface area contributed by atoms with E-state index in [9.17, 15) is 19.2 Å². The van der Waals surface area contributed by atoms with E-state index in [2.05, 4.69) is 19.6 Å². The van der Waals surface area contributed by atoms with Crippen molar-refractivity contribution in [1.29, 1.82) is 0 Å². The van der Waals surface area contributed by atoms with Crippen LogP contribution >= 0.6 is 0 Å². The molecule has 0 N–H and O–H groups in total. The number of hydrogen-bond donors (Lipinski definition) is 0. The van der Waals surface area contributed by atoms with Crippen LogP contribution in [-0.4, -0.2) is 57.2 Å². The van der Waals surface area contributed by atoms with Gasteiger partial charge >= 0.3 is 17.9 Å². The molecule has 0 aromatic heterocycles. The Kier molecular flexibility index (Phi) is 8.88. The van der Waals surface area contributed by atoms with Gasteiger partial charge in [0.05, 0.1) is 31.0 Å². The number of rotatable bonds is 10. The molecule has 2 unspecified atom stereocenters. The van der Waals surface area contributed by atoms with Crippen molar-refractivity contribution < 1.29 is 38.1 Å². The fourth-order valence-electron chi connectivity index (χ4n) is 5.01. The third-order valence-electron chi connectivity index (χ3n) is 6.61. The highest BCUT2D eigenvalue weighted by Gasteiger charge is 2.57. The van der Waals surface area contributed by atoms with E-state index in [1.54, 1.807) is 32.9 Å². The van der Waals surface area contributed by atoms with Gasteiger partial charge < -0.3 is 18.9 Å². The molecule has 3 aliphatic carbocycles. The van der Waals surface area contributed by atoms with Crippen LogP contribution in [0.3, 0.4) is 0 Å². The fraction of sp³-hybridized carbons (Fsp3) is 0.643. The van der Waals surface area contributed by atoms with Gasteiger partial charge in [-0.2, -0.15) is 0 Å². The molecule has 1 fully saturated rings. The first-order valence-corrected chi connectivity index (χ1v) is 16.8. The number of Topliss-reactive ketones (excluding diaryl/α,β-unsaturated/α-hetero) is 1. The molecule has 4 atom stereocenters. The van der Waals surface area contributed by atoms with Gasteiger partial charge in [0.15, 0.2) is 6.61 Å². The zero-order chi connectivity index (χ0) is 27.5. The Balaban J connectivity index is 1.89. The number of hydrogen-bond acceptors (Lipinski definition) is 8. The summed E-state index contributed by atoms with van der Waals surface area (Å²) in [5.74, 6) is -4.27. The normalized spacial score (nSPS) is 22.7. The number of carbonyl (C=O) groups excluding carboxylic acids is 4. The smallest absolute Gasteiger partial charge is 0.344 e. The van der Waals surface area contributed by atoms with Crippen molar-refractivity contribution in [3.63, 3.8) is 0 Å². The summed E-state index contributed by atoms with van der Waals surface area (Å²) < 4.78 is 22.1. The predicted octanol–water partition coefficient (Wildman–Crippen LogP) is 4.63. The van der Waals surface area contributed by atoms with Crippen LogP contribution in [0.4, 0.5) is 0 Å². The molecule has 0 heterocycles. The Morgan fingerprint density at radius 3 is 2.24 bits per heavy atom. The molecular weight excluding hydrogens is 492 g/mol. The molecule has 1 saturated carbocycles. The summed E-state index contributed by atoms with van der Waals surface area (Å²) in [5.41, 5.74) is 0.848. The van der Waals surface area contributed by atoms with Crippen LogP contribution in [0.1, 0.15) is 63.5 Å². The molecule has 0 amide bonds. The van der Waals surface area contributed by atoms with Gasteiger partial charge in [0.25, 0.3) is 0 Å². The molecule has 0 spiro atoms. The van der Waals surface area contributed by atoms with E-state index < -0.39 is 55.3 Å². The van der Waals surface area contributed by atoms with Crippen molar-refractivity contribution in [2.24, 2.45) is 11.8 Å². The zero-order valence-electron chi connectivity index (χ0n) is 23.1. The van der Waals surface area contributed by atoms with E-state index in [0.29, 0.717) is 24.3 Å². The van der Waals surface area contributed by atoms with Crippen molar-refractivity contribution in [1.82, 2.24) is 0 Å². The van der Waals surface area contributed by atoms with Crippen LogP contribution < -0.4 is 4.74 Å². The summed E-state index contributed by atoms with van der Waals surface area (Å²) in [6, 6.07) is 6.05. The molecule has 2 bridgehead atoms. The van der Waals surface area contributed by atoms with Crippen LogP contribution in [0.25, 0.3) is 0 Å². The molecule has 1 aromatic rings. The van der Waals surface area contributed by atoms with E-state index in [1.807, 2.05) is 13.0 Å². The van der Waals surface area contributed by atoms with E-state index in [1.165, 1.54) is 0 Å². The molecule has 4 rings (SSSR count). The molecule has 0 aliphatic heterocycles. The predicted molar refractivity (Wildman–Crippen MR) is 140 cm³/mol. The third-order valence-corrected chi connectivity index (χ3v) is 8.31. The molecular formula is C28H40O8Si. The number of ether oxygens (including phenoxy) is 4. The van der Waals surface area contributed by atoms with Crippen LogP contribution in [0, 0.1) is 11.8 Å². The van der Waals surface area contributed by atoms with Gasteiger partial charge in [-0.3, -0.25) is 14.4 Å². The maximum Gasteiger partial charge on any atom is 0.344 e. The lowest BCUT2D eigenvalue weighted by molar-refractivity contribution is -0.167. The average Bonchev–Trinajstić information content (AvgIpc) is 2.78. The maximum atomic E-state index is 13.3. The van der Waals surface area contributed by atoms with Crippen molar-refractivity contribution in [2.75, 3.05) is 19.8 Å². The van der Waals surface area contributed by atoms with Crippen LogP contribution in [0.5, 0.6) is 5.75 Å². The first-order chi connectivity index (χ1) is 17.2. The van der Waals surface area contributed by atoms with Gasteiger partial charge in [-0.05, 0) is 56.5 Å². The highest BCUT2D eigenvalue weighted by Crippen LogP contribution is 2.55. The second-order valence-corrected chi connectivity index (χ2v) is 17.7. The number of benzene rings is 1. The lowest BCUT2D eigenvalue weighted by Crippen LogP contribution is -2.50. The summed E-state index contributed by atoms with van der Waals surface area (Å²) in [7, 11) is -1.42. The van der Waals surface area contributed by atoms with E-state index in [-0.39, 0.29) is 25.4 Å². The molecule has 9 heteroatoms. The Morgan fingerprint density at radius 1 is 0.973 bits per heavy atom. The Morgan fingerprint density at radius 2 is 1.62 bits per heavy atom. The summed E-state index contributed by atoms with van der Waals surface area (Å²) in [6.45, 7) is 14.0. The van der Waals surface area contributed by atoms with Crippen LogP contribution in [0.2, 0.25) is 25.7 Å². The molecule has 8 nitrogen and oxygen atoms in total. The summed E-state index contributed by atoms with van der Waals surface area (Å²) in [6.07, 6.45) is 0.798. The van der Waals surface area contributed by atoms with E-state index >= 15 is 0 Å². The molecule has 0 saturated heterocycles. The number of carbonyl (C=O) groups is 4. The summed E-state index contributed by atoms with van der Waals surface area (Å²) in [4.78, 5) is 51.8. The van der Waals surface area contributed by atoms with Gasteiger partial charge in [-0.1, -0.05) is 32.6 Å². The third kappa shape index (κ3) is 7.21. The standard InChI is InChI=1S/C28H40O8Si/c1-8-11-33-27(32)25-23-19-14-17(35-16-22(30)36-28(2,3)4)9-10-18(19)20(15-21(23)29)24(25)26(31)34-12-13-37(5,6)7/h9-10,14,20,23-25H,8,11-13,15-16H2,1-7H3/t20?,23-,24?,25-/m1/s1. The summed E-state index contributed by atoms with van der Waals surface area (Å²) >= 11 is 0. The first-order valence-electron chi connectivity index (χ1n) is 13.1. The first kappa shape index (κ1) is 28.9. The van der Waals surface area contributed by atoms with Gasteiger partial charge in [0.2, 0.25) is 0 Å². The molecule has 37 heavy (non-hydrogen) atoms. The molecule has 1 aromatic carbocycles. The van der Waals surface area contributed by atoms with Crippen molar-refractivity contribution in [2.45, 2.75) is 83.7 Å². The number of ketones is 1. The summed E-state index contributed by atoms with van der Waals surface area (Å²) in [5, 5.41) is 0. The Bertz CT molecular complexity index is 1040. The van der Waals surface area contributed by atoms with Crippen molar-refractivity contribution in [3.8, 4) is 5.75 Å². The SMILES string of the molecule is CCCOC(=O)[C@H]1C(C(=O)OCC[Si](C)(C)C)C2CC(=O)[C@H]1c1cc(OCC(=O)OC(C)(C)C)ccc12. The second-order valence-electron chi connectivity index (χ2n) is 12.1. The minimum atomic E-state index is -1.42. The Labute approximate surface area is 220 Å². The van der Waals surface area contributed by atoms with Gasteiger partial charge in [0, 0.05) is 20.4 Å². The molecule has 0 radical (unpaired) electrons. The van der Waals surface area contributed by atoms with Gasteiger partial charge in [-0.15, -0.1) is 0 Å². The van der Waals surface area contributed by atoms with E-state index in [0.717, 1.165) is 11.6 Å². The van der Waals surface area contributed by atoms with Gasteiger partial charge in [0.1, 0.15) is 17.1 Å². The minimum Gasteiger partial charge on any atom is -0.482 e. The van der Waals surface area contributed by atoms with Crippen molar-refractivity contribution in [3.05, 3.63) is 29.3 Å². The lowest BCUT2D eigenvalue weighted by atomic mass is 9.55. The fourth-order valence-corrected chi connectivity index (χ4v) is 5.72. The lowest BCUT2D eigenvalue weighted by Gasteiger charge is -2.46. The highest BCUT2D eigenvalue weighted by molar-refractivity contribution is 6.76. The topological polar surface area (TPSA) is 105 Å². The van der Waals surface area contributed by atoms with Crippen LogP contribution in [-0.2, 0) is 33.4 Å². The van der Waals surface area contributed by atoms with Gasteiger partial charge in [-0.25, -0.2) is 4.79 Å². The van der Waals surface area contributed by atoms with Crippen LogP contribution in [0.15, 0.2) is 18.2 Å². The Hall–Kier alpha value is -2.68. The number of fused-ring (bicyclic) bond motifs is 2. The maximum absolute atomic E-state index is 13.3. The quantitative estimate of drug-likeness (QED) is 0.244. The molecule has 3 aliphatic rings. The average molecular weight is 533 g/mol. The number of esters is 3. The highest BCUT2D eigenvalue weighted by atomic mass is 28.3. The zero-order valence-corrected chi connectivity index (χ0v) is 24.1. The largest absolute Gasteiger partial charge is 0.482 e. The van der Waals surface area contributed by atoms with Crippen molar-refractivity contribution >= 4 is 31.8 Å².